The average Bonchev–Trinajstić information content (AvgIpc) is 2.43. The number of carbonyl (C=O) groups excluding carboxylic acids is 1. The monoisotopic (exact) mass is 291 g/mol. The number of carbonyl (C=O) groups is 1. The Kier molecular flexibility index (Phi) is 4.63. The zero-order chi connectivity index (χ0) is 14.5. The van der Waals surface area contributed by atoms with E-state index in [0.717, 1.165) is 11.8 Å². The average molecular weight is 291 g/mol. The molecule has 2 N–H and O–H groups in total. The van der Waals surface area contributed by atoms with Crippen molar-refractivity contribution in [2.24, 2.45) is 0 Å². The summed E-state index contributed by atoms with van der Waals surface area (Å²) in [7, 11) is 0. The Labute approximate surface area is 120 Å². The van der Waals surface area contributed by atoms with Crippen LogP contribution in [0, 0.1) is 5.82 Å². The second-order valence-corrected chi connectivity index (χ2v) is 5.03. The van der Waals surface area contributed by atoms with Crippen LogP contribution in [-0.4, -0.2) is 12.6 Å². The first-order valence-corrected chi connectivity index (χ1v) is 6.93. The molecule has 0 spiro atoms. The molecule has 2 aromatic carbocycles. The molecule has 2 aromatic rings. The summed E-state index contributed by atoms with van der Waals surface area (Å²) in [5.41, 5.74) is 6.67. The van der Waals surface area contributed by atoms with Crippen molar-refractivity contribution < 1.29 is 13.9 Å². The van der Waals surface area contributed by atoms with Gasteiger partial charge in [0.15, 0.2) is 0 Å². The van der Waals surface area contributed by atoms with Gasteiger partial charge in [0.25, 0.3) is 0 Å². The molecule has 0 aliphatic heterocycles. The third-order valence-corrected chi connectivity index (χ3v) is 3.80. The second kappa shape index (κ2) is 6.43. The summed E-state index contributed by atoms with van der Waals surface area (Å²) in [6.07, 6.45) is 0. The van der Waals surface area contributed by atoms with Gasteiger partial charge in [0, 0.05) is 15.5 Å². The minimum absolute atomic E-state index is 0.275. The highest BCUT2D eigenvalue weighted by Crippen LogP contribution is 2.36. The number of rotatable bonds is 4. The fourth-order valence-corrected chi connectivity index (χ4v) is 2.66. The van der Waals surface area contributed by atoms with Gasteiger partial charge in [-0.3, -0.25) is 0 Å². The zero-order valence-corrected chi connectivity index (χ0v) is 11.7. The predicted octanol–water partition coefficient (Wildman–Crippen LogP) is 3.74. The Balaban J connectivity index is 2.40. The maximum Gasteiger partial charge on any atom is 0.339 e. The molecule has 0 saturated carbocycles. The van der Waals surface area contributed by atoms with Crippen LogP contribution in [0.3, 0.4) is 0 Å². The summed E-state index contributed by atoms with van der Waals surface area (Å²) >= 11 is 1.12. The van der Waals surface area contributed by atoms with Crippen LogP contribution in [0.2, 0.25) is 0 Å². The Bertz CT molecular complexity index is 631. The molecule has 2 rings (SSSR count). The summed E-state index contributed by atoms with van der Waals surface area (Å²) in [5.74, 6) is -0.811. The molecule has 5 heteroatoms. The quantitative estimate of drug-likeness (QED) is 0.688. The molecule has 0 aromatic heterocycles. The van der Waals surface area contributed by atoms with E-state index in [1.165, 1.54) is 6.07 Å². The number of esters is 1. The largest absolute Gasteiger partial charge is 0.462 e. The standard InChI is InChI=1S/C15H14FNO2S/c1-2-19-15(18)10-6-5-8-12(17)14(10)20-13-9-4-3-7-11(13)16/h3-9H,2,17H2,1H3. The van der Waals surface area contributed by atoms with Crippen LogP contribution in [0.1, 0.15) is 17.3 Å². The van der Waals surface area contributed by atoms with Crippen LogP contribution < -0.4 is 5.73 Å². The van der Waals surface area contributed by atoms with Gasteiger partial charge in [-0.2, -0.15) is 0 Å². The molecule has 0 atom stereocenters. The van der Waals surface area contributed by atoms with E-state index in [9.17, 15) is 9.18 Å². The maximum absolute atomic E-state index is 13.7. The van der Waals surface area contributed by atoms with E-state index in [1.54, 1.807) is 43.3 Å². The molecule has 104 valence electrons. The van der Waals surface area contributed by atoms with Gasteiger partial charge in [0.1, 0.15) is 5.82 Å². The van der Waals surface area contributed by atoms with Crippen molar-refractivity contribution in [1.29, 1.82) is 0 Å². The number of hydrogen-bond donors (Lipinski definition) is 1. The Morgan fingerprint density at radius 1 is 1.25 bits per heavy atom. The summed E-state index contributed by atoms with van der Waals surface area (Å²) in [6, 6.07) is 11.3. The number of anilines is 1. The second-order valence-electron chi connectivity index (χ2n) is 3.98. The number of halogens is 1. The van der Waals surface area contributed by atoms with E-state index >= 15 is 0 Å². The van der Waals surface area contributed by atoms with Gasteiger partial charge < -0.3 is 10.5 Å². The third-order valence-electron chi connectivity index (χ3n) is 2.59. The lowest BCUT2D eigenvalue weighted by molar-refractivity contribution is 0.0522. The van der Waals surface area contributed by atoms with E-state index in [2.05, 4.69) is 0 Å². The van der Waals surface area contributed by atoms with Crippen LogP contribution in [0.25, 0.3) is 0 Å². The lowest BCUT2D eigenvalue weighted by Crippen LogP contribution is -2.07. The first kappa shape index (κ1) is 14.4. The van der Waals surface area contributed by atoms with E-state index in [-0.39, 0.29) is 12.4 Å². The fourth-order valence-electron chi connectivity index (χ4n) is 1.68. The molecule has 20 heavy (non-hydrogen) atoms. The number of ether oxygens (including phenoxy) is 1. The molecule has 0 aliphatic rings. The molecule has 0 bridgehead atoms. The van der Waals surface area contributed by atoms with Crippen molar-refractivity contribution in [2.75, 3.05) is 12.3 Å². The molecular formula is C15H14FNO2S. The lowest BCUT2D eigenvalue weighted by Gasteiger charge is -2.11. The van der Waals surface area contributed by atoms with Crippen molar-refractivity contribution in [3.8, 4) is 0 Å². The van der Waals surface area contributed by atoms with Gasteiger partial charge in [0.2, 0.25) is 0 Å². The minimum Gasteiger partial charge on any atom is -0.462 e. The van der Waals surface area contributed by atoms with E-state index in [0.29, 0.717) is 21.0 Å². The van der Waals surface area contributed by atoms with Crippen LogP contribution in [-0.2, 0) is 4.74 Å². The highest BCUT2D eigenvalue weighted by molar-refractivity contribution is 7.99. The van der Waals surface area contributed by atoms with Crippen molar-refractivity contribution in [3.05, 3.63) is 53.8 Å². The number of nitrogen functional groups attached to an aromatic ring is 1. The topological polar surface area (TPSA) is 52.3 Å². The van der Waals surface area contributed by atoms with Crippen LogP contribution in [0.5, 0.6) is 0 Å². The van der Waals surface area contributed by atoms with Crippen molar-refractivity contribution >= 4 is 23.4 Å². The Morgan fingerprint density at radius 3 is 2.70 bits per heavy atom. The Hall–Kier alpha value is -2.01. The summed E-state index contributed by atoms with van der Waals surface area (Å²) in [5, 5.41) is 0. The molecule has 0 fully saturated rings. The molecule has 3 nitrogen and oxygen atoms in total. The number of benzene rings is 2. The van der Waals surface area contributed by atoms with E-state index in [4.69, 9.17) is 10.5 Å². The van der Waals surface area contributed by atoms with Gasteiger partial charge in [-0.05, 0) is 31.2 Å². The van der Waals surface area contributed by atoms with Crippen LogP contribution >= 0.6 is 11.8 Å². The van der Waals surface area contributed by atoms with Crippen molar-refractivity contribution in [2.45, 2.75) is 16.7 Å². The van der Waals surface area contributed by atoms with Gasteiger partial charge in [-0.25, -0.2) is 9.18 Å². The first-order chi connectivity index (χ1) is 9.63. The van der Waals surface area contributed by atoms with Gasteiger partial charge in [-0.1, -0.05) is 30.0 Å². The first-order valence-electron chi connectivity index (χ1n) is 6.11. The molecule has 0 saturated heterocycles. The van der Waals surface area contributed by atoms with Gasteiger partial charge in [0.05, 0.1) is 12.2 Å². The molecule has 0 amide bonds. The van der Waals surface area contributed by atoms with Crippen LogP contribution in [0.4, 0.5) is 10.1 Å². The molecule has 0 unspecified atom stereocenters. The van der Waals surface area contributed by atoms with E-state index in [1.807, 2.05) is 0 Å². The summed E-state index contributed by atoms with van der Waals surface area (Å²) < 4.78 is 18.7. The molecule has 0 aliphatic carbocycles. The Morgan fingerprint density at radius 2 is 2.00 bits per heavy atom. The minimum atomic E-state index is -0.460. The lowest BCUT2D eigenvalue weighted by atomic mass is 10.2. The van der Waals surface area contributed by atoms with Crippen LogP contribution in [0.15, 0.2) is 52.3 Å². The SMILES string of the molecule is CCOC(=O)c1cccc(N)c1Sc1ccccc1F. The molecular weight excluding hydrogens is 277 g/mol. The third kappa shape index (κ3) is 3.11. The normalized spacial score (nSPS) is 10.3. The number of hydrogen-bond acceptors (Lipinski definition) is 4. The van der Waals surface area contributed by atoms with Crippen molar-refractivity contribution in [1.82, 2.24) is 0 Å². The maximum atomic E-state index is 13.7. The summed E-state index contributed by atoms with van der Waals surface area (Å²) in [6.45, 7) is 2.01. The van der Waals surface area contributed by atoms with Gasteiger partial charge >= 0.3 is 5.97 Å². The summed E-state index contributed by atoms with van der Waals surface area (Å²) in [4.78, 5) is 12.8. The fraction of sp³-hybridized carbons (Fsp3) is 0.133. The van der Waals surface area contributed by atoms with Gasteiger partial charge in [-0.15, -0.1) is 0 Å². The highest BCUT2D eigenvalue weighted by Gasteiger charge is 2.17. The highest BCUT2D eigenvalue weighted by atomic mass is 32.2. The number of nitrogens with two attached hydrogens (primary N) is 1. The van der Waals surface area contributed by atoms with Crippen molar-refractivity contribution in [3.63, 3.8) is 0 Å². The zero-order valence-electron chi connectivity index (χ0n) is 10.9. The predicted molar refractivity (Wildman–Crippen MR) is 77.3 cm³/mol. The molecule has 0 heterocycles. The smallest absolute Gasteiger partial charge is 0.339 e. The van der Waals surface area contributed by atoms with E-state index < -0.39 is 5.97 Å². The molecule has 0 radical (unpaired) electrons.